The van der Waals surface area contributed by atoms with Crippen molar-refractivity contribution < 1.29 is 13.2 Å². The monoisotopic (exact) mass is 490 g/mol. The van der Waals surface area contributed by atoms with Gasteiger partial charge in [0, 0.05) is 17.6 Å². The summed E-state index contributed by atoms with van der Waals surface area (Å²) in [6, 6.07) is 8.48. The zero-order valence-corrected chi connectivity index (χ0v) is 20.4. The number of hydrogen-bond acceptors (Lipinski definition) is 7. The number of aromatic nitrogens is 1. The molecule has 3 heterocycles. The van der Waals surface area contributed by atoms with Crippen LogP contribution >= 0.6 is 22.7 Å². The minimum Gasteiger partial charge on any atom is -0.297 e. The third-order valence-electron chi connectivity index (χ3n) is 5.46. The number of anilines is 2. The molecule has 1 saturated heterocycles. The number of carbonyl (C=O) groups excluding carboxylic acids is 1. The largest absolute Gasteiger partial charge is 0.297 e. The Balaban J connectivity index is 1.42. The molecule has 0 bridgehead atoms. The molecule has 0 saturated carbocycles. The lowest BCUT2D eigenvalue weighted by molar-refractivity contribution is 0.102. The second kappa shape index (κ2) is 9.70. The van der Waals surface area contributed by atoms with E-state index in [4.69, 9.17) is 0 Å². The van der Waals surface area contributed by atoms with Crippen LogP contribution in [-0.2, 0) is 16.6 Å². The molecule has 1 aliphatic heterocycles. The van der Waals surface area contributed by atoms with E-state index < -0.39 is 15.9 Å². The van der Waals surface area contributed by atoms with Crippen molar-refractivity contribution in [2.24, 2.45) is 5.92 Å². The van der Waals surface area contributed by atoms with Crippen molar-refractivity contribution in [2.75, 3.05) is 23.1 Å². The van der Waals surface area contributed by atoms with Crippen LogP contribution in [0.3, 0.4) is 0 Å². The number of rotatable bonds is 7. The van der Waals surface area contributed by atoms with Crippen LogP contribution in [0.1, 0.15) is 40.7 Å². The summed E-state index contributed by atoms with van der Waals surface area (Å²) in [7, 11) is -3.89. The van der Waals surface area contributed by atoms with E-state index in [0.29, 0.717) is 10.8 Å². The fraction of sp³-hybridized carbons (Fsp3) is 0.364. The maximum absolute atomic E-state index is 12.9. The molecule has 32 heavy (non-hydrogen) atoms. The van der Waals surface area contributed by atoms with Gasteiger partial charge in [0.2, 0.25) is 0 Å². The molecule has 10 heteroatoms. The fourth-order valence-electron chi connectivity index (χ4n) is 3.55. The highest BCUT2D eigenvalue weighted by Gasteiger charge is 2.25. The molecule has 0 atom stereocenters. The van der Waals surface area contributed by atoms with Gasteiger partial charge in [-0.25, -0.2) is 13.4 Å². The summed E-state index contributed by atoms with van der Waals surface area (Å²) >= 11 is 2.44. The first-order valence-corrected chi connectivity index (χ1v) is 13.7. The standard InChI is InChI=1S/C22H26N4O3S3/c1-15-3-5-17(6-4-15)25-32(28,29)19-9-12-30-20(19)21(27)24-22-23-18(14-31-22)13-26-10-7-16(2)8-11-26/h3-6,9,12,14,16,25H,7-8,10-11,13H2,1-2H3,(H,23,24,27). The highest BCUT2D eigenvalue weighted by atomic mass is 32.2. The Hall–Kier alpha value is -2.27. The van der Waals surface area contributed by atoms with E-state index in [0.717, 1.165) is 48.1 Å². The molecule has 170 valence electrons. The number of nitrogens with zero attached hydrogens (tertiary/aromatic N) is 2. The topological polar surface area (TPSA) is 91.4 Å². The van der Waals surface area contributed by atoms with Crippen LogP contribution in [-0.4, -0.2) is 37.3 Å². The lowest BCUT2D eigenvalue weighted by Crippen LogP contribution is -2.32. The van der Waals surface area contributed by atoms with Crippen molar-refractivity contribution >= 4 is 49.4 Å². The zero-order valence-electron chi connectivity index (χ0n) is 18.0. The number of nitrogens with one attached hydrogen (secondary N) is 2. The zero-order chi connectivity index (χ0) is 22.7. The molecular weight excluding hydrogens is 464 g/mol. The van der Waals surface area contributed by atoms with Gasteiger partial charge in [0.15, 0.2) is 5.13 Å². The summed E-state index contributed by atoms with van der Waals surface area (Å²) < 4.78 is 28.3. The number of likely N-dealkylation sites (tertiary alicyclic amines) is 1. The number of amides is 1. The van der Waals surface area contributed by atoms with Crippen LogP contribution in [0, 0.1) is 12.8 Å². The van der Waals surface area contributed by atoms with Gasteiger partial charge in [0.25, 0.3) is 15.9 Å². The summed E-state index contributed by atoms with van der Waals surface area (Å²) in [5.74, 6) is 0.297. The number of aryl methyl sites for hydroxylation is 1. The number of thiophene rings is 1. The van der Waals surface area contributed by atoms with E-state index in [9.17, 15) is 13.2 Å². The van der Waals surface area contributed by atoms with Crippen LogP contribution < -0.4 is 10.0 Å². The lowest BCUT2D eigenvalue weighted by Gasteiger charge is -2.29. The second-order valence-electron chi connectivity index (χ2n) is 8.14. The van der Waals surface area contributed by atoms with Gasteiger partial charge in [0.05, 0.1) is 5.69 Å². The van der Waals surface area contributed by atoms with Crippen molar-refractivity contribution in [3.63, 3.8) is 0 Å². The lowest BCUT2D eigenvalue weighted by atomic mass is 9.99. The van der Waals surface area contributed by atoms with Gasteiger partial charge in [-0.05, 0) is 62.4 Å². The van der Waals surface area contributed by atoms with Gasteiger partial charge in [-0.15, -0.1) is 22.7 Å². The molecule has 1 fully saturated rings. The van der Waals surface area contributed by atoms with Crippen molar-refractivity contribution in [2.45, 2.75) is 38.1 Å². The molecule has 0 aliphatic carbocycles. The number of hydrogen-bond donors (Lipinski definition) is 2. The smallest absolute Gasteiger partial charge is 0.268 e. The van der Waals surface area contributed by atoms with E-state index in [1.54, 1.807) is 17.5 Å². The molecule has 1 aromatic carbocycles. The van der Waals surface area contributed by atoms with E-state index >= 15 is 0 Å². The molecule has 1 amide bonds. The Morgan fingerprint density at radius 3 is 2.59 bits per heavy atom. The molecule has 4 rings (SSSR count). The van der Waals surface area contributed by atoms with Crippen molar-refractivity contribution in [3.05, 3.63) is 57.2 Å². The van der Waals surface area contributed by atoms with Crippen LogP contribution in [0.5, 0.6) is 0 Å². The third-order valence-corrected chi connectivity index (χ3v) is 8.74. The fourth-order valence-corrected chi connectivity index (χ4v) is 6.63. The summed E-state index contributed by atoms with van der Waals surface area (Å²) in [5, 5.41) is 6.78. The van der Waals surface area contributed by atoms with E-state index in [1.807, 2.05) is 24.4 Å². The quantitative estimate of drug-likeness (QED) is 0.496. The summed E-state index contributed by atoms with van der Waals surface area (Å²) in [5.41, 5.74) is 2.39. The first-order valence-electron chi connectivity index (χ1n) is 10.5. The van der Waals surface area contributed by atoms with Gasteiger partial charge < -0.3 is 0 Å². The van der Waals surface area contributed by atoms with Gasteiger partial charge in [-0.1, -0.05) is 24.6 Å². The molecule has 7 nitrogen and oxygen atoms in total. The highest BCUT2D eigenvalue weighted by Crippen LogP contribution is 2.27. The molecule has 2 N–H and O–H groups in total. The van der Waals surface area contributed by atoms with E-state index in [1.165, 1.54) is 30.2 Å². The Morgan fingerprint density at radius 2 is 1.88 bits per heavy atom. The molecule has 3 aromatic rings. The highest BCUT2D eigenvalue weighted by molar-refractivity contribution is 7.93. The van der Waals surface area contributed by atoms with E-state index in [2.05, 4.69) is 26.8 Å². The number of thiazole rings is 1. The first kappa shape index (κ1) is 22.9. The molecule has 1 aliphatic rings. The minimum atomic E-state index is -3.89. The minimum absolute atomic E-state index is 0.0419. The summed E-state index contributed by atoms with van der Waals surface area (Å²) in [4.78, 5) is 19.8. The average molecular weight is 491 g/mol. The maximum Gasteiger partial charge on any atom is 0.268 e. The van der Waals surface area contributed by atoms with E-state index in [-0.39, 0.29) is 9.77 Å². The number of benzene rings is 1. The predicted molar refractivity (Wildman–Crippen MR) is 130 cm³/mol. The van der Waals surface area contributed by atoms with Crippen molar-refractivity contribution in [3.8, 4) is 0 Å². The Labute approximate surface area is 196 Å². The van der Waals surface area contributed by atoms with Crippen LogP contribution in [0.4, 0.5) is 10.8 Å². The van der Waals surface area contributed by atoms with Crippen molar-refractivity contribution in [1.82, 2.24) is 9.88 Å². The SMILES string of the molecule is Cc1ccc(NS(=O)(=O)c2ccsc2C(=O)Nc2nc(CN3CCC(C)CC3)cs2)cc1. The van der Waals surface area contributed by atoms with Gasteiger partial charge >= 0.3 is 0 Å². The van der Waals surface area contributed by atoms with Crippen LogP contribution in [0.25, 0.3) is 0 Å². The Kier molecular flexibility index (Phi) is 6.94. The normalized spacial score (nSPS) is 15.6. The molecular formula is C22H26N4O3S3. The third kappa shape index (κ3) is 5.55. The summed E-state index contributed by atoms with van der Waals surface area (Å²) in [6.07, 6.45) is 2.39. The Morgan fingerprint density at radius 1 is 1.16 bits per heavy atom. The van der Waals surface area contributed by atoms with Gasteiger partial charge in [0.1, 0.15) is 9.77 Å². The predicted octanol–water partition coefficient (Wildman–Crippen LogP) is 4.80. The first-order chi connectivity index (χ1) is 15.3. The van der Waals surface area contributed by atoms with Gasteiger partial charge in [-0.3, -0.25) is 19.7 Å². The Bertz CT molecular complexity index is 1180. The van der Waals surface area contributed by atoms with Crippen LogP contribution in [0.2, 0.25) is 0 Å². The number of sulfonamides is 1. The molecule has 0 unspecified atom stereocenters. The molecule has 0 spiro atoms. The van der Waals surface area contributed by atoms with Gasteiger partial charge in [-0.2, -0.15) is 0 Å². The number of carbonyl (C=O) groups is 1. The number of piperidine rings is 1. The second-order valence-corrected chi connectivity index (χ2v) is 11.6. The van der Waals surface area contributed by atoms with Crippen molar-refractivity contribution in [1.29, 1.82) is 0 Å². The van der Waals surface area contributed by atoms with Crippen LogP contribution in [0.15, 0.2) is 46.0 Å². The maximum atomic E-state index is 12.9. The molecule has 2 aromatic heterocycles. The average Bonchev–Trinajstić information content (AvgIpc) is 3.41. The summed E-state index contributed by atoms with van der Waals surface area (Å²) in [6.45, 7) is 7.09. The molecule has 0 radical (unpaired) electrons.